The molecule has 124 valence electrons. The van der Waals surface area contributed by atoms with Gasteiger partial charge in [0.2, 0.25) is 0 Å². The molecular weight excluding hydrogens is 304 g/mol. The number of likely N-dealkylation sites (tertiary alicyclic amines) is 1. The number of rotatable bonds is 5. The summed E-state index contributed by atoms with van der Waals surface area (Å²) < 4.78 is 0. The van der Waals surface area contributed by atoms with E-state index >= 15 is 0 Å². The lowest BCUT2D eigenvalue weighted by atomic mass is 10.1. The first kappa shape index (κ1) is 16.2. The molecule has 1 aliphatic heterocycles. The zero-order valence-corrected chi connectivity index (χ0v) is 13.4. The summed E-state index contributed by atoms with van der Waals surface area (Å²) >= 11 is 0. The third kappa shape index (κ3) is 4.00. The van der Waals surface area contributed by atoms with Gasteiger partial charge in [-0.15, -0.1) is 0 Å². The van der Waals surface area contributed by atoms with E-state index in [4.69, 9.17) is 5.11 Å². The number of nitrogens with zero attached hydrogens (tertiary/aromatic N) is 1. The Balaban J connectivity index is 1.60. The molecule has 0 radical (unpaired) electrons. The van der Waals surface area contributed by atoms with E-state index in [-0.39, 0.29) is 11.5 Å². The smallest absolute Gasteiger partial charge is 0.335 e. The summed E-state index contributed by atoms with van der Waals surface area (Å²) in [5.41, 5.74) is 2.56. The zero-order chi connectivity index (χ0) is 16.9. The summed E-state index contributed by atoms with van der Waals surface area (Å²) in [7, 11) is 0. The first-order valence-corrected chi connectivity index (χ1v) is 8.08. The molecule has 0 aromatic heterocycles. The van der Waals surface area contributed by atoms with Gasteiger partial charge in [-0.25, -0.2) is 4.79 Å². The maximum Gasteiger partial charge on any atom is 0.335 e. The van der Waals surface area contributed by atoms with Crippen LogP contribution in [0, 0.1) is 0 Å². The van der Waals surface area contributed by atoms with E-state index in [1.165, 1.54) is 30.5 Å². The van der Waals surface area contributed by atoms with Gasteiger partial charge in [-0.3, -0.25) is 9.69 Å². The summed E-state index contributed by atoms with van der Waals surface area (Å²) in [6, 6.07) is 13.7. The van der Waals surface area contributed by atoms with Crippen molar-refractivity contribution < 1.29 is 14.7 Å². The number of benzene rings is 2. The molecule has 0 unspecified atom stereocenters. The van der Waals surface area contributed by atoms with E-state index < -0.39 is 5.97 Å². The number of anilines is 1. The van der Waals surface area contributed by atoms with Crippen LogP contribution in [0.15, 0.2) is 48.5 Å². The van der Waals surface area contributed by atoms with Crippen LogP contribution in [-0.2, 0) is 6.54 Å². The number of hydrogen-bond acceptors (Lipinski definition) is 3. The molecule has 0 bridgehead atoms. The van der Waals surface area contributed by atoms with Crippen molar-refractivity contribution in [2.24, 2.45) is 0 Å². The summed E-state index contributed by atoms with van der Waals surface area (Å²) in [5, 5.41) is 11.6. The fourth-order valence-corrected chi connectivity index (χ4v) is 2.86. The third-order valence-corrected chi connectivity index (χ3v) is 4.21. The first-order chi connectivity index (χ1) is 11.6. The summed E-state index contributed by atoms with van der Waals surface area (Å²) in [4.78, 5) is 25.5. The van der Waals surface area contributed by atoms with Crippen molar-refractivity contribution in [3.63, 3.8) is 0 Å². The van der Waals surface area contributed by atoms with Crippen LogP contribution < -0.4 is 5.32 Å². The van der Waals surface area contributed by atoms with Crippen LogP contribution in [0.1, 0.15) is 39.1 Å². The highest BCUT2D eigenvalue weighted by Crippen LogP contribution is 2.15. The van der Waals surface area contributed by atoms with Crippen molar-refractivity contribution in [2.75, 3.05) is 18.4 Å². The average Bonchev–Trinajstić information content (AvgIpc) is 3.09. The highest BCUT2D eigenvalue weighted by Gasteiger charge is 2.12. The zero-order valence-electron chi connectivity index (χ0n) is 13.4. The summed E-state index contributed by atoms with van der Waals surface area (Å²) in [5.74, 6) is -1.19. The van der Waals surface area contributed by atoms with Crippen LogP contribution in [-0.4, -0.2) is 35.0 Å². The Hall–Kier alpha value is -2.66. The minimum Gasteiger partial charge on any atom is -0.478 e. The Kier molecular flexibility index (Phi) is 4.91. The van der Waals surface area contributed by atoms with Crippen molar-refractivity contribution in [3.05, 3.63) is 65.2 Å². The second kappa shape index (κ2) is 7.27. The Bertz CT molecular complexity index is 717. The molecule has 24 heavy (non-hydrogen) atoms. The largest absolute Gasteiger partial charge is 0.478 e. The van der Waals surface area contributed by atoms with Gasteiger partial charge >= 0.3 is 5.97 Å². The van der Waals surface area contributed by atoms with E-state index in [0.29, 0.717) is 11.3 Å². The maximum atomic E-state index is 12.3. The molecule has 1 heterocycles. The molecule has 1 saturated heterocycles. The number of carboxylic acid groups (broad SMARTS) is 1. The van der Waals surface area contributed by atoms with Crippen LogP contribution in [0.4, 0.5) is 5.69 Å². The van der Waals surface area contributed by atoms with Crippen LogP contribution in [0.25, 0.3) is 0 Å². The highest BCUT2D eigenvalue weighted by molar-refractivity contribution is 6.04. The van der Waals surface area contributed by atoms with E-state index in [0.717, 1.165) is 19.6 Å². The van der Waals surface area contributed by atoms with Gasteiger partial charge in [-0.1, -0.05) is 12.1 Å². The number of aromatic carboxylic acids is 1. The second-order valence-electron chi connectivity index (χ2n) is 6.02. The van der Waals surface area contributed by atoms with Crippen molar-refractivity contribution in [2.45, 2.75) is 19.4 Å². The topological polar surface area (TPSA) is 69.6 Å². The molecule has 1 fully saturated rings. The van der Waals surface area contributed by atoms with E-state index in [1.54, 1.807) is 12.1 Å². The molecule has 2 N–H and O–H groups in total. The molecule has 1 aliphatic rings. The lowest BCUT2D eigenvalue weighted by molar-refractivity contribution is 0.0696. The third-order valence-electron chi connectivity index (χ3n) is 4.21. The molecule has 0 aliphatic carbocycles. The second-order valence-corrected chi connectivity index (χ2v) is 6.02. The number of carbonyl (C=O) groups is 2. The molecule has 3 rings (SSSR count). The van der Waals surface area contributed by atoms with Crippen molar-refractivity contribution in [1.29, 1.82) is 0 Å². The van der Waals surface area contributed by atoms with Gasteiger partial charge in [0.25, 0.3) is 5.91 Å². The lowest BCUT2D eigenvalue weighted by Gasteiger charge is -2.14. The van der Waals surface area contributed by atoms with Crippen LogP contribution >= 0.6 is 0 Å². The summed E-state index contributed by atoms with van der Waals surface area (Å²) in [6.07, 6.45) is 2.53. The Morgan fingerprint density at radius 2 is 1.50 bits per heavy atom. The summed E-state index contributed by atoms with van der Waals surface area (Å²) in [6.45, 7) is 3.22. The molecular formula is C19H20N2O3. The first-order valence-electron chi connectivity index (χ1n) is 8.08. The quantitative estimate of drug-likeness (QED) is 0.886. The number of hydrogen-bond donors (Lipinski definition) is 2. The SMILES string of the molecule is O=C(O)c1ccc(NC(=O)c2ccc(CN3CCCC3)cc2)cc1. The van der Waals surface area contributed by atoms with Gasteiger partial charge in [0.15, 0.2) is 0 Å². The Morgan fingerprint density at radius 3 is 2.08 bits per heavy atom. The average molecular weight is 324 g/mol. The van der Waals surface area contributed by atoms with Crippen LogP contribution in [0.5, 0.6) is 0 Å². The van der Waals surface area contributed by atoms with E-state index in [1.807, 2.05) is 24.3 Å². The van der Waals surface area contributed by atoms with Gasteiger partial charge in [-0.2, -0.15) is 0 Å². The van der Waals surface area contributed by atoms with E-state index in [2.05, 4.69) is 10.2 Å². The fourth-order valence-electron chi connectivity index (χ4n) is 2.86. The molecule has 2 aromatic carbocycles. The Morgan fingerprint density at radius 1 is 0.917 bits per heavy atom. The molecule has 1 amide bonds. The number of nitrogens with one attached hydrogen (secondary N) is 1. The molecule has 0 saturated carbocycles. The van der Waals surface area contributed by atoms with Gasteiger partial charge < -0.3 is 10.4 Å². The molecule has 5 nitrogen and oxygen atoms in total. The maximum absolute atomic E-state index is 12.3. The van der Waals surface area contributed by atoms with E-state index in [9.17, 15) is 9.59 Å². The normalized spacial score (nSPS) is 14.5. The van der Waals surface area contributed by atoms with Crippen molar-refractivity contribution >= 4 is 17.6 Å². The molecule has 0 atom stereocenters. The fraction of sp³-hybridized carbons (Fsp3) is 0.263. The number of carbonyl (C=O) groups excluding carboxylic acids is 1. The molecule has 2 aromatic rings. The molecule has 5 heteroatoms. The molecule has 0 spiro atoms. The van der Waals surface area contributed by atoms with Gasteiger partial charge in [0, 0.05) is 17.8 Å². The predicted molar refractivity (Wildman–Crippen MR) is 92.3 cm³/mol. The standard InChI is InChI=1S/C19H20N2O3/c22-18(20-17-9-7-16(8-10-17)19(23)24)15-5-3-14(4-6-15)13-21-11-1-2-12-21/h3-10H,1-2,11-13H2,(H,20,22)(H,23,24). The number of amides is 1. The highest BCUT2D eigenvalue weighted by atomic mass is 16.4. The Labute approximate surface area is 140 Å². The number of carboxylic acids is 1. The van der Waals surface area contributed by atoms with Gasteiger partial charge in [0.1, 0.15) is 0 Å². The predicted octanol–water partition coefficient (Wildman–Crippen LogP) is 3.23. The minimum absolute atomic E-state index is 0.194. The van der Waals surface area contributed by atoms with Crippen LogP contribution in [0.2, 0.25) is 0 Å². The monoisotopic (exact) mass is 324 g/mol. The lowest BCUT2D eigenvalue weighted by Crippen LogP contribution is -2.18. The van der Waals surface area contributed by atoms with Crippen molar-refractivity contribution in [1.82, 2.24) is 4.90 Å². The van der Waals surface area contributed by atoms with Crippen molar-refractivity contribution in [3.8, 4) is 0 Å². The van der Waals surface area contributed by atoms with Crippen LogP contribution in [0.3, 0.4) is 0 Å². The van der Waals surface area contributed by atoms with Gasteiger partial charge in [0.05, 0.1) is 5.56 Å². The van der Waals surface area contributed by atoms with Gasteiger partial charge in [-0.05, 0) is 67.9 Å². The minimum atomic E-state index is -0.985.